The van der Waals surface area contributed by atoms with Gasteiger partial charge in [0.05, 0.1) is 6.10 Å². The lowest BCUT2D eigenvalue weighted by atomic mass is 10.3. The van der Waals surface area contributed by atoms with E-state index in [-0.39, 0.29) is 11.8 Å². The van der Waals surface area contributed by atoms with Crippen LogP contribution in [-0.4, -0.2) is 23.7 Å². The Morgan fingerprint density at radius 1 is 1.82 bits per heavy atom. The first kappa shape index (κ1) is 8.53. The summed E-state index contributed by atoms with van der Waals surface area (Å²) < 4.78 is 0. The van der Waals surface area contributed by atoms with Gasteiger partial charge in [0.2, 0.25) is 5.91 Å². The van der Waals surface area contributed by atoms with Crippen LogP contribution in [0.4, 0.5) is 0 Å². The van der Waals surface area contributed by atoms with Crippen LogP contribution in [0.3, 0.4) is 0 Å². The van der Waals surface area contributed by atoms with Crippen LogP contribution >= 0.6 is 0 Å². The van der Waals surface area contributed by atoms with Gasteiger partial charge in [-0.15, -0.1) is 0 Å². The number of hydrogen-bond donors (Lipinski definition) is 2. The molecule has 0 unspecified atom stereocenters. The standard InChI is InChI=1S/C8H15NO2/c1-5-3-7(5)8(11)9-4-6(2)10/h5-7,10H,3-4H2,1-2H3,(H,9,11)/t5-,6+,7-/m0/s1. The molecule has 1 fully saturated rings. The van der Waals surface area contributed by atoms with E-state index in [4.69, 9.17) is 5.11 Å². The minimum absolute atomic E-state index is 0.0957. The fourth-order valence-electron chi connectivity index (χ4n) is 1.07. The molecule has 0 heterocycles. The lowest BCUT2D eigenvalue weighted by molar-refractivity contribution is -0.123. The van der Waals surface area contributed by atoms with Gasteiger partial charge in [0, 0.05) is 12.5 Å². The molecule has 11 heavy (non-hydrogen) atoms. The largest absolute Gasteiger partial charge is 0.392 e. The second-order valence-electron chi connectivity index (χ2n) is 3.41. The Bertz CT molecular complexity index is 156. The Kier molecular flexibility index (Phi) is 2.49. The quantitative estimate of drug-likeness (QED) is 0.612. The Morgan fingerprint density at radius 2 is 2.36 bits per heavy atom. The maximum absolute atomic E-state index is 11.1. The van der Waals surface area contributed by atoms with Crippen molar-refractivity contribution in [3.8, 4) is 0 Å². The fourth-order valence-corrected chi connectivity index (χ4v) is 1.07. The average Bonchev–Trinajstić information content (AvgIpc) is 2.61. The van der Waals surface area contributed by atoms with Gasteiger partial charge < -0.3 is 10.4 Å². The van der Waals surface area contributed by atoms with Crippen LogP contribution in [0, 0.1) is 11.8 Å². The first-order chi connectivity index (χ1) is 5.11. The normalized spacial score (nSPS) is 31.2. The minimum atomic E-state index is -0.437. The highest BCUT2D eigenvalue weighted by atomic mass is 16.3. The van der Waals surface area contributed by atoms with Crippen molar-refractivity contribution in [1.82, 2.24) is 5.32 Å². The summed E-state index contributed by atoms with van der Waals surface area (Å²) in [5, 5.41) is 11.5. The third kappa shape index (κ3) is 2.50. The van der Waals surface area contributed by atoms with Gasteiger partial charge >= 0.3 is 0 Å². The van der Waals surface area contributed by atoms with Gasteiger partial charge in [-0.05, 0) is 19.3 Å². The summed E-state index contributed by atoms with van der Waals surface area (Å²) in [5.74, 6) is 0.858. The van der Waals surface area contributed by atoms with E-state index >= 15 is 0 Å². The van der Waals surface area contributed by atoms with E-state index in [0.29, 0.717) is 12.5 Å². The Balaban J connectivity index is 2.12. The molecule has 0 aromatic heterocycles. The SMILES string of the molecule is C[C@@H](O)CNC(=O)[C@H]1C[C@@H]1C. The second-order valence-corrected chi connectivity index (χ2v) is 3.41. The van der Waals surface area contributed by atoms with Gasteiger partial charge in [-0.3, -0.25) is 4.79 Å². The van der Waals surface area contributed by atoms with Crippen molar-refractivity contribution < 1.29 is 9.90 Å². The molecule has 0 radical (unpaired) electrons. The lowest BCUT2D eigenvalue weighted by Crippen LogP contribution is -2.31. The predicted molar refractivity (Wildman–Crippen MR) is 42.0 cm³/mol. The highest BCUT2D eigenvalue weighted by Gasteiger charge is 2.38. The van der Waals surface area contributed by atoms with Crippen LogP contribution in [0.2, 0.25) is 0 Å². The monoisotopic (exact) mass is 157 g/mol. The van der Waals surface area contributed by atoms with Gasteiger partial charge in [0.1, 0.15) is 0 Å². The van der Waals surface area contributed by atoms with E-state index < -0.39 is 6.10 Å². The molecule has 1 saturated carbocycles. The molecule has 0 aromatic rings. The van der Waals surface area contributed by atoms with E-state index in [1.807, 2.05) is 0 Å². The number of carbonyl (C=O) groups excluding carboxylic acids is 1. The van der Waals surface area contributed by atoms with Crippen LogP contribution in [0.5, 0.6) is 0 Å². The molecule has 0 aromatic carbocycles. The van der Waals surface area contributed by atoms with E-state index in [1.165, 1.54) is 0 Å². The topological polar surface area (TPSA) is 49.3 Å². The smallest absolute Gasteiger partial charge is 0.223 e. The summed E-state index contributed by atoms with van der Waals surface area (Å²) in [5.41, 5.74) is 0. The van der Waals surface area contributed by atoms with Crippen LogP contribution in [0.15, 0.2) is 0 Å². The summed E-state index contributed by atoms with van der Waals surface area (Å²) in [6.07, 6.45) is 0.569. The Labute approximate surface area is 66.8 Å². The van der Waals surface area contributed by atoms with Crippen molar-refractivity contribution >= 4 is 5.91 Å². The third-order valence-electron chi connectivity index (χ3n) is 2.02. The first-order valence-electron chi connectivity index (χ1n) is 4.07. The lowest BCUT2D eigenvalue weighted by Gasteiger charge is -2.05. The molecule has 3 nitrogen and oxygen atoms in total. The predicted octanol–water partition coefficient (Wildman–Crippen LogP) is 0.139. The van der Waals surface area contributed by atoms with E-state index in [2.05, 4.69) is 12.2 Å². The van der Waals surface area contributed by atoms with Crippen LogP contribution in [-0.2, 0) is 4.79 Å². The molecule has 3 heteroatoms. The van der Waals surface area contributed by atoms with Crippen LogP contribution in [0.1, 0.15) is 20.3 Å². The fraction of sp³-hybridized carbons (Fsp3) is 0.875. The van der Waals surface area contributed by atoms with Crippen LogP contribution in [0.25, 0.3) is 0 Å². The number of aliphatic hydroxyl groups excluding tert-OH is 1. The van der Waals surface area contributed by atoms with Gasteiger partial charge in [-0.1, -0.05) is 6.92 Å². The zero-order chi connectivity index (χ0) is 8.43. The van der Waals surface area contributed by atoms with Crippen molar-refractivity contribution in [3.63, 3.8) is 0 Å². The molecule has 2 N–H and O–H groups in total. The van der Waals surface area contributed by atoms with Gasteiger partial charge in [0.15, 0.2) is 0 Å². The third-order valence-corrected chi connectivity index (χ3v) is 2.02. The Morgan fingerprint density at radius 3 is 2.73 bits per heavy atom. The molecule has 1 aliphatic rings. The summed E-state index contributed by atoms with van der Waals surface area (Å²) in [7, 11) is 0. The van der Waals surface area contributed by atoms with Gasteiger partial charge in [0.25, 0.3) is 0 Å². The van der Waals surface area contributed by atoms with Crippen molar-refractivity contribution in [2.45, 2.75) is 26.4 Å². The zero-order valence-corrected chi connectivity index (χ0v) is 7.00. The van der Waals surface area contributed by atoms with Crippen molar-refractivity contribution in [3.05, 3.63) is 0 Å². The zero-order valence-electron chi connectivity index (χ0n) is 7.00. The highest BCUT2D eigenvalue weighted by Crippen LogP contribution is 2.37. The number of rotatable bonds is 3. The molecule has 1 amide bonds. The summed E-state index contributed by atoms with van der Waals surface area (Å²) >= 11 is 0. The first-order valence-corrected chi connectivity index (χ1v) is 4.07. The molecule has 3 atom stereocenters. The van der Waals surface area contributed by atoms with E-state index in [1.54, 1.807) is 6.92 Å². The molecular formula is C8H15NO2. The summed E-state index contributed by atoms with van der Waals surface area (Å²) in [6.45, 7) is 4.10. The molecule has 0 saturated heterocycles. The maximum atomic E-state index is 11.1. The Hall–Kier alpha value is -0.570. The maximum Gasteiger partial charge on any atom is 0.223 e. The number of carbonyl (C=O) groups is 1. The van der Waals surface area contributed by atoms with Crippen molar-refractivity contribution in [2.75, 3.05) is 6.54 Å². The molecular weight excluding hydrogens is 142 g/mol. The molecule has 1 rings (SSSR count). The second kappa shape index (κ2) is 3.22. The highest BCUT2D eigenvalue weighted by molar-refractivity contribution is 5.81. The summed E-state index contributed by atoms with van der Waals surface area (Å²) in [4.78, 5) is 11.1. The molecule has 1 aliphatic carbocycles. The number of amides is 1. The summed E-state index contributed by atoms with van der Waals surface area (Å²) in [6, 6.07) is 0. The van der Waals surface area contributed by atoms with Crippen molar-refractivity contribution in [1.29, 1.82) is 0 Å². The van der Waals surface area contributed by atoms with Gasteiger partial charge in [-0.2, -0.15) is 0 Å². The molecule has 64 valence electrons. The number of hydrogen-bond acceptors (Lipinski definition) is 2. The average molecular weight is 157 g/mol. The van der Waals surface area contributed by atoms with Gasteiger partial charge in [-0.25, -0.2) is 0 Å². The van der Waals surface area contributed by atoms with E-state index in [9.17, 15) is 4.79 Å². The number of aliphatic hydroxyl groups is 1. The van der Waals surface area contributed by atoms with E-state index in [0.717, 1.165) is 6.42 Å². The minimum Gasteiger partial charge on any atom is -0.392 e. The molecule has 0 aliphatic heterocycles. The van der Waals surface area contributed by atoms with Crippen LogP contribution < -0.4 is 5.32 Å². The number of nitrogens with one attached hydrogen (secondary N) is 1. The molecule has 0 spiro atoms. The van der Waals surface area contributed by atoms with Crippen molar-refractivity contribution in [2.24, 2.45) is 11.8 Å². The molecule has 0 bridgehead atoms.